The average Bonchev–Trinajstić information content (AvgIpc) is 2.46. The van der Waals surface area contributed by atoms with Crippen molar-refractivity contribution in [1.29, 1.82) is 0 Å². The molecule has 2 aromatic rings. The second-order valence-corrected chi connectivity index (χ2v) is 3.30. The number of rotatable bonds is 1. The maximum Gasteiger partial charge on any atom is 1.00 e. The van der Waals surface area contributed by atoms with Crippen LogP contribution in [0, 0.1) is 6.92 Å². The Kier molecular flexibility index (Phi) is 3.31. The molecule has 2 aromatic carbocycles. The van der Waals surface area contributed by atoms with E-state index in [0.29, 0.717) is 0 Å². The molecule has 0 saturated heterocycles. The molecule has 0 bridgehead atoms. The Morgan fingerprint density at radius 1 is 1.23 bits per heavy atom. The third kappa shape index (κ3) is 1.85. The molecule has 0 heterocycles. The van der Waals surface area contributed by atoms with Gasteiger partial charge in [-0.05, 0) is 6.92 Å². The summed E-state index contributed by atoms with van der Waals surface area (Å²) in [4.78, 5) is 0. The molecule has 0 N–H and O–H groups in total. The Balaban J connectivity index is 0.000000845. The van der Waals surface area contributed by atoms with Crippen LogP contribution in [-0.4, -0.2) is 0 Å². The standard InChI is InChI=1S/C12H13.Li/c1-3-10-5-6-11-8-9(2)4-7-12(10)11;/h4-8H,3H2,1-2H3;/q-1;+1. The topological polar surface area (TPSA) is 0 Å². The van der Waals surface area contributed by atoms with Gasteiger partial charge in [0.15, 0.2) is 0 Å². The van der Waals surface area contributed by atoms with Crippen LogP contribution in [0.4, 0.5) is 0 Å². The molecule has 0 aliphatic carbocycles. The van der Waals surface area contributed by atoms with Crippen LogP contribution >= 0.6 is 0 Å². The van der Waals surface area contributed by atoms with E-state index < -0.39 is 0 Å². The zero-order valence-electron chi connectivity index (χ0n) is 8.59. The predicted molar refractivity (Wildman–Crippen MR) is 53.7 cm³/mol. The van der Waals surface area contributed by atoms with Crippen LogP contribution in [0.5, 0.6) is 0 Å². The zero-order valence-corrected chi connectivity index (χ0v) is 8.59. The number of aryl methyl sites for hydroxylation is 2. The Bertz CT molecular complexity index is 398. The molecule has 0 aliphatic heterocycles. The summed E-state index contributed by atoms with van der Waals surface area (Å²) in [6.07, 6.45) is 1.13. The summed E-state index contributed by atoms with van der Waals surface area (Å²) in [5, 5.41) is 2.80. The fourth-order valence-corrected chi connectivity index (χ4v) is 1.70. The summed E-state index contributed by atoms with van der Waals surface area (Å²) in [7, 11) is 0. The van der Waals surface area contributed by atoms with E-state index in [2.05, 4.69) is 44.2 Å². The van der Waals surface area contributed by atoms with Gasteiger partial charge in [-0.2, -0.15) is 6.07 Å². The monoisotopic (exact) mass is 164 g/mol. The third-order valence-electron chi connectivity index (χ3n) is 2.40. The fraction of sp³-hybridized carbons (Fsp3) is 0.250. The molecule has 0 nitrogen and oxygen atoms in total. The molecule has 0 aliphatic rings. The van der Waals surface area contributed by atoms with Crippen molar-refractivity contribution < 1.29 is 18.9 Å². The first kappa shape index (κ1) is 10.5. The molecule has 0 aromatic heterocycles. The van der Waals surface area contributed by atoms with Gasteiger partial charge in [0, 0.05) is 0 Å². The van der Waals surface area contributed by atoms with Crippen molar-refractivity contribution in [2.24, 2.45) is 0 Å². The zero-order chi connectivity index (χ0) is 8.55. The Hall–Kier alpha value is -0.573. The molecule has 1 heteroatoms. The summed E-state index contributed by atoms with van der Waals surface area (Å²) < 4.78 is 0. The van der Waals surface area contributed by atoms with E-state index in [1.165, 1.54) is 21.9 Å². The third-order valence-corrected chi connectivity index (χ3v) is 2.40. The van der Waals surface area contributed by atoms with E-state index in [-0.39, 0.29) is 18.9 Å². The molecular weight excluding hydrogens is 151 g/mol. The number of fused-ring (bicyclic) bond motifs is 1. The molecule has 0 saturated carbocycles. The minimum absolute atomic E-state index is 0. The Morgan fingerprint density at radius 3 is 2.69 bits per heavy atom. The number of hydrogen-bond acceptors (Lipinski definition) is 0. The second-order valence-electron chi connectivity index (χ2n) is 3.30. The van der Waals surface area contributed by atoms with Crippen molar-refractivity contribution >= 4 is 10.8 Å². The van der Waals surface area contributed by atoms with Crippen molar-refractivity contribution in [3.05, 3.63) is 41.5 Å². The van der Waals surface area contributed by atoms with Gasteiger partial charge in [0.1, 0.15) is 0 Å². The normalized spacial score (nSPS) is 10.0. The van der Waals surface area contributed by atoms with Gasteiger partial charge in [-0.3, -0.25) is 0 Å². The van der Waals surface area contributed by atoms with Crippen molar-refractivity contribution in [2.75, 3.05) is 0 Å². The largest absolute Gasteiger partial charge is 1.00 e. The Morgan fingerprint density at radius 2 is 2.00 bits per heavy atom. The smallest absolute Gasteiger partial charge is 0.168 e. The molecule has 0 spiro atoms. The van der Waals surface area contributed by atoms with E-state index in [0.717, 1.165) is 6.42 Å². The van der Waals surface area contributed by atoms with Crippen LogP contribution in [0.15, 0.2) is 30.3 Å². The van der Waals surface area contributed by atoms with Gasteiger partial charge >= 0.3 is 18.9 Å². The Labute approximate surface area is 91.5 Å². The van der Waals surface area contributed by atoms with E-state index in [1.54, 1.807) is 0 Å². The SMILES string of the molecule is CC[c-]1ccc2cc(C)ccc21.[Li+]. The molecule has 2 rings (SSSR count). The van der Waals surface area contributed by atoms with E-state index >= 15 is 0 Å². The van der Waals surface area contributed by atoms with Gasteiger partial charge in [0.25, 0.3) is 0 Å². The maximum absolute atomic E-state index is 2.24. The summed E-state index contributed by atoms with van der Waals surface area (Å²) in [5.74, 6) is 0. The molecular formula is C12H13Li. The number of hydrogen-bond donors (Lipinski definition) is 0. The van der Waals surface area contributed by atoms with Gasteiger partial charge < -0.3 is 0 Å². The van der Waals surface area contributed by atoms with Gasteiger partial charge in [-0.1, -0.05) is 18.9 Å². The van der Waals surface area contributed by atoms with Gasteiger partial charge in [0.05, 0.1) is 0 Å². The molecule has 0 radical (unpaired) electrons. The molecule has 0 unspecified atom stereocenters. The van der Waals surface area contributed by atoms with Gasteiger partial charge in [-0.15, -0.1) is 40.6 Å². The van der Waals surface area contributed by atoms with Gasteiger partial charge in [-0.25, -0.2) is 0 Å². The molecule has 62 valence electrons. The van der Waals surface area contributed by atoms with Crippen molar-refractivity contribution in [1.82, 2.24) is 0 Å². The quantitative estimate of drug-likeness (QED) is 0.423. The predicted octanol–water partition coefficient (Wildman–Crippen LogP) is 0.434. The van der Waals surface area contributed by atoms with Crippen molar-refractivity contribution in [2.45, 2.75) is 20.3 Å². The summed E-state index contributed by atoms with van der Waals surface area (Å²) in [6, 6.07) is 11.1. The second kappa shape index (κ2) is 4.09. The first-order chi connectivity index (χ1) is 5.81. The molecule has 0 fully saturated rings. The fourth-order valence-electron chi connectivity index (χ4n) is 1.70. The van der Waals surface area contributed by atoms with E-state index in [4.69, 9.17) is 0 Å². The minimum Gasteiger partial charge on any atom is -0.168 e. The van der Waals surface area contributed by atoms with Crippen LogP contribution in [0.2, 0.25) is 0 Å². The van der Waals surface area contributed by atoms with Crippen LogP contribution < -0.4 is 18.9 Å². The van der Waals surface area contributed by atoms with Crippen LogP contribution in [0.25, 0.3) is 10.8 Å². The van der Waals surface area contributed by atoms with Gasteiger partial charge in [0.2, 0.25) is 0 Å². The minimum atomic E-state index is 0. The maximum atomic E-state index is 2.24. The summed E-state index contributed by atoms with van der Waals surface area (Å²) in [6.45, 7) is 4.34. The van der Waals surface area contributed by atoms with Crippen LogP contribution in [0.3, 0.4) is 0 Å². The number of benzene rings is 1. The molecule has 13 heavy (non-hydrogen) atoms. The first-order valence-corrected chi connectivity index (χ1v) is 4.46. The molecule has 0 amide bonds. The first-order valence-electron chi connectivity index (χ1n) is 4.46. The van der Waals surface area contributed by atoms with E-state index in [9.17, 15) is 0 Å². The summed E-state index contributed by atoms with van der Waals surface area (Å²) in [5.41, 5.74) is 2.81. The van der Waals surface area contributed by atoms with Crippen molar-refractivity contribution in [3.63, 3.8) is 0 Å². The van der Waals surface area contributed by atoms with Crippen LogP contribution in [0.1, 0.15) is 18.1 Å². The van der Waals surface area contributed by atoms with Crippen LogP contribution in [-0.2, 0) is 6.42 Å². The summed E-state index contributed by atoms with van der Waals surface area (Å²) >= 11 is 0. The van der Waals surface area contributed by atoms with Crippen molar-refractivity contribution in [3.8, 4) is 0 Å². The molecule has 0 atom stereocenters. The average molecular weight is 164 g/mol. The van der Waals surface area contributed by atoms with E-state index in [1.807, 2.05) is 0 Å².